The van der Waals surface area contributed by atoms with Gasteiger partial charge in [0, 0.05) is 42.5 Å². The van der Waals surface area contributed by atoms with Crippen LogP contribution in [0.3, 0.4) is 0 Å². The molecule has 3 rings (SSSR count). The number of rotatable bonds is 4. The average molecular weight is 261 g/mol. The molecule has 1 unspecified atom stereocenters. The first-order valence-electron chi connectivity index (χ1n) is 6.90. The first kappa shape index (κ1) is 12.4. The molecule has 2 aliphatic rings. The number of benzene rings is 1. The Morgan fingerprint density at radius 1 is 1.37 bits per heavy atom. The molecular formula is C14H19N3O2. The Morgan fingerprint density at radius 3 is 2.84 bits per heavy atom. The third kappa shape index (κ3) is 2.56. The fourth-order valence-corrected chi connectivity index (χ4v) is 2.87. The van der Waals surface area contributed by atoms with E-state index in [2.05, 4.69) is 10.2 Å². The van der Waals surface area contributed by atoms with Gasteiger partial charge in [0.1, 0.15) is 0 Å². The minimum atomic E-state index is -0.314. The molecule has 5 heteroatoms. The predicted octanol–water partition coefficient (Wildman–Crippen LogP) is 2.55. The summed E-state index contributed by atoms with van der Waals surface area (Å²) in [7, 11) is 0. The van der Waals surface area contributed by atoms with Crippen molar-refractivity contribution in [1.29, 1.82) is 0 Å². The summed E-state index contributed by atoms with van der Waals surface area (Å²) in [6.07, 6.45) is 3.80. The van der Waals surface area contributed by atoms with Crippen LogP contribution in [0.1, 0.15) is 24.8 Å². The maximum atomic E-state index is 10.9. The first-order valence-corrected chi connectivity index (χ1v) is 6.90. The quantitative estimate of drug-likeness (QED) is 0.668. The number of nitro groups is 1. The van der Waals surface area contributed by atoms with Crippen molar-refractivity contribution in [2.24, 2.45) is 0 Å². The van der Waals surface area contributed by atoms with Gasteiger partial charge in [-0.2, -0.15) is 0 Å². The van der Waals surface area contributed by atoms with Gasteiger partial charge < -0.3 is 5.32 Å². The van der Waals surface area contributed by atoms with E-state index in [9.17, 15) is 10.1 Å². The normalized spacial score (nSPS) is 23.5. The van der Waals surface area contributed by atoms with Gasteiger partial charge in [0.2, 0.25) is 0 Å². The molecule has 1 aromatic rings. The number of hydrogen-bond acceptors (Lipinski definition) is 4. The number of nitro benzene ring substituents is 1. The summed E-state index contributed by atoms with van der Waals surface area (Å²) in [5.41, 5.74) is 1.83. The van der Waals surface area contributed by atoms with Gasteiger partial charge in [0.05, 0.1) is 4.92 Å². The third-order valence-electron chi connectivity index (χ3n) is 4.14. The lowest BCUT2D eigenvalue weighted by atomic mass is 10.1. The largest absolute Gasteiger partial charge is 0.381 e. The molecule has 1 N–H and O–H groups in total. The molecule has 102 valence electrons. The van der Waals surface area contributed by atoms with Crippen molar-refractivity contribution in [3.05, 3.63) is 33.9 Å². The Labute approximate surface area is 112 Å². The summed E-state index contributed by atoms with van der Waals surface area (Å²) in [5.74, 6) is 0. The lowest BCUT2D eigenvalue weighted by Crippen LogP contribution is -2.27. The van der Waals surface area contributed by atoms with Gasteiger partial charge in [-0.3, -0.25) is 15.0 Å². The monoisotopic (exact) mass is 261 g/mol. The number of hydrogen-bond donors (Lipinski definition) is 1. The summed E-state index contributed by atoms with van der Waals surface area (Å²) in [4.78, 5) is 13.1. The van der Waals surface area contributed by atoms with Gasteiger partial charge in [-0.25, -0.2) is 0 Å². The van der Waals surface area contributed by atoms with E-state index in [1.165, 1.54) is 12.8 Å². The highest BCUT2D eigenvalue weighted by Crippen LogP contribution is 2.32. The molecule has 1 atom stereocenters. The van der Waals surface area contributed by atoms with Crippen molar-refractivity contribution in [2.75, 3.05) is 18.4 Å². The zero-order valence-electron chi connectivity index (χ0n) is 11.1. The third-order valence-corrected chi connectivity index (χ3v) is 4.14. The van der Waals surface area contributed by atoms with Crippen LogP contribution in [0.2, 0.25) is 0 Å². The van der Waals surface area contributed by atoms with Crippen LogP contribution in [0, 0.1) is 17.0 Å². The smallest absolute Gasteiger partial charge is 0.274 e. The highest BCUT2D eigenvalue weighted by molar-refractivity contribution is 5.60. The molecule has 19 heavy (non-hydrogen) atoms. The van der Waals surface area contributed by atoms with Crippen LogP contribution in [0.25, 0.3) is 0 Å². The molecule has 1 aliphatic carbocycles. The second kappa shape index (κ2) is 4.81. The van der Waals surface area contributed by atoms with E-state index in [-0.39, 0.29) is 10.6 Å². The molecular weight excluding hydrogens is 242 g/mol. The van der Waals surface area contributed by atoms with Crippen molar-refractivity contribution in [2.45, 2.75) is 38.3 Å². The van der Waals surface area contributed by atoms with Crippen molar-refractivity contribution < 1.29 is 4.92 Å². The summed E-state index contributed by atoms with van der Waals surface area (Å²) in [6, 6.07) is 6.47. The maximum absolute atomic E-state index is 10.9. The minimum absolute atomic E-state index is 0.196. The van der Waals surface area contributed by atoms with Crippen molar-refractivity contribution >= 4 is 11.4 Å². The van der Waals surface area contributed by atoms with Crippen LogP contribution >= 0.6 is 0 Å². The molecule has 0 spiro atoms. The minimum Gasteiger partial charge on any atom is -0.381 e. The van der Waals surface area contributed by atoms with Crippen LogP contribution in [0.15, 0.2) is 18.2 Å². The lowest BCUT2D eigenvalue weighted by molar-refractivity contribution is -0.385. The van der Waals surface area contributed by atoms with Crippen LogP contribution in [-0.2, 0) is 0 Å². The standard InChI is InChI=1S/C14H19N3O2/c1-10-13(3-2-4-14(10)17(18)19)15-11-7-8-16(9-11)12-5-6-12/h2-4,11-12,15H,5-9H2,1H3. The van der Waals surface area contributed by atoms with Gasteiger partial charge in [0.15, 0.2) is 0 Å². The lowest BCUT2D eigenvalue weighted by Gasteiger charge is -2.17. The van der Waals surface area contributed by atoms with E-state index in [4.69, 9.17) is 0 Å². The molecule has 0 amide bonds. The van der Waals surface area contributed by atoms with Gasteiger partial charge in [0.25, 0.3) is 5.69 Å². The molecule has 0 aromatic heterocycles. The van der Waals surface area contributed by atoms with E-state index in [0.717, 1.165) is 36.8 Å². The number of nitrogens with zero attached hydrogens (tertiary/aromatic N) is 2. The summed E-state index contributed by atoms with van der Waals surface area (Å²) in [6.45, 7) is 4.02. The summed E-state index contributed by atoms with van der Waals surface area (Å²) >= 11 is 0. The first-order chi connectivity index (χ1) is 9.15. The summed E-state index contributed by atoms with van der Waals surface area (Å²) in [5, 5.41) is 14.4. The van der Waals surface area contributed by atoms with E-state index in [0.29, 0.717) is 6.04 Å². The second-order valence-corrected chi connectivity index (χ2v) is 5.56. The van der Waals surface area contributed by atoms with E-state index >= 15 is 0 Å². The van der Waals surface area contributed by atoms with Crippen LogP contribution in [-0.4, -0.2) is 35.0 Å². The fourth-order valence-electron chi connectivity index (χ4n) is 2.87. The highest BCUT2D eigenvalue weighted by atomic mass is 16.6. The Balaban J connectivity index is 1.69. The van der Waals surface area contributed by atoms with Crippen LogP contribution in [0.5, 0.6) is 0 Å². The predicted molar refractivity (Wildman–Crippen MR) is 74.5 cm³/mol. The van der Waals surface area contributed by atoms with Crippen molar-refractivity contribution in [1.82, 2.24) is 4.90 Å². The Hall–Kier alpha value is -1.62. The SMILES string of the molecule is Cc1c(NC2CCN(C3CC3)C2)cccc1[N+](=O)[O-]. The molecule has 1 aromatic carbocycles. The van der Waals surface area contributed by atoms with Crippen LogP contribution < -0.4 is 5.32 Å². The van der Waals surface area contributed by atoms with Gasteiger partial charge in [-0.15, -0.1) is 0 Å². The van der Waals surface area contributed by atoms with Crippen molar-refractivity contribution in [3.63, 3.8) is 0 Å². The van der Waals surface area contributed by atoms with Gasteiger partial charge >= 0.3 is 0 Å². The van der Waals surface area contributed by atoms with Crippen LogP contribution in [0.4, 0.5) is 11.4 Å². The second-order valence-electron chi connectivity index (χ2n) is 5.56. The highest BCUT2D eigenvalue weighted by Gasteiger charge is 2.34. The summed E-state index contributed by atoms with van der Waals surface area (Å²) < 4.78 is 0. The molecule has 2 fully saturated rings. The van der Waals surface area contributed by atoms with E-state index in [1.54, 1.807) is 12.1 Å². The molecule has 1 heterocycles. The fraction of sp³-hybridized carbons (Fsp3) is 0.571. The Morgan fingerprint density at radius 2 is 2.16 bits per heavy atom. The zero-order valence-corrected chi connectivity index (χ0v) is 11.1. The number of likely N-dealkylation sites (tertiary alicyclic amines) is 1. The van der Waals surface area contributed by atoms with E-state index < -0.39 is 0 Å². The molecule has 1 saturated carbocycles. The Bertz CT molecular complexity index is 499. The molecule has 0 bridgehead atoms. The van der Waals surface area contributed by atoms with Crippen molar-refractivity contribution in [3.8, 4) is 0 Å². The zero-order chi connectivity index (χ0) is 13.4. The van der Waals surface area contributed by atoms with Gasteiger partial charge in [-0.05, 0) is 32.3 Å². The topological polar surface area (TPSA) is 58.4 Å². The van der Waals surface area contributed by atoms with Gasteiger partial charge in [-0.1, -0.05) is 6.07 Å². The number of anilines is 1. The maximum Gasteiger partial charge on any atom is 0.274 e. The van der Waals surface area contributed by atoms with E-state index in [1.807, 2.05) is 13.0 Å². The number of nitrogens with one attached hydrogen (secondary N) is 1. The average Bonchev–Trinajstić information content (AvgIpc) is 3.12. The molecule has 1 aliphatic heterocycles. The molecule has 0 radical (unpaired) electrons. The Kier molecular flexibility index (Phi) is 3.14. The molecule has 1 saturated heterocycles. The molecule has 5 nitrogen and oxygen atoms in total.